The second kappa shape index (κ2) is 8.49. The van der Waals surface area contributed by atoms with Crippen LogP contribution < -0.4 is 20.2 Å². The van der Waals surface area contributed by atoms with Crippen molar-refractivity contribution in [3.8, 4) is 11.5 Å². The highest BCUT2D eigenvalue weighted by Gasteiger charge is 2.21. The maximum atomic E-state index is 5.81. The molecule has 0 spiro atoms. The topological polar surface area (TPSA) is 64.1 Å². The van der Waals surface area contributed by atoms with Gasteiger partial charge < -0.3 is 19.5 Å². The van der Waals surface area contributed by atoms with Crippen molar-refractivity contribution in [3.63, 3.8) is 0 Å². The molecule has 0 unspecified atom stereocenters. The Bertz CT molecular complexity index is 645. The van der Waals surface area contributed by atoms with E-state index in [1.165, 1.54) is 5.56 Å². The molecule has 0 amide bonds. The van der Waals surface area contributed by atoms with E-state index in [-0.39, 0.29) is 12.2 Å². The molecule has 2 heterocycles. The van der Waals surface area contributed by atoms with Crippen molar-refractivity contribution < 1.29 is 14.2 Å². The summed E-state index contributed by atoms with van der Waals surface area (Å²) in [5.74, 6) is 1.71. The number of ether oxygens (including phenoxy) is 3. The standard InChI is InChI=1S/C18H25N3O3S/c1-3-22-16-8-13-7-12(2)24-17(13)9-14(16)10-20-21-18(25)19-11-15-5-4-6-23-15/h8-10,12,15H,3-7,11H2,1-2H3,(H2,19,21,25)/b20-10-/t12-,15-/m0/s1. The minimum atomic E-state index is 0.198. The molecule has 1 saturated heterocycles. The number of thiocarbonyl (C=S) groups is 1. The minimum Gasteiger partial charge on any atom is -0.493 e. The van der Waals surface area contributed by atoms with Crippen LogP contribution in [0.5, 0.6) is 11.5 Å². The molecule has 2 aliphatic heterocycles. The van der Waals surface area contributed by atoms with Gasteiger partial charge in [0.1, 0.15) is 17.6 Å². The van der Waals surface area contributed by atoms with Gasteiger partial charge in [-0.15, -0.1) is 0 Å². The summed E-state index contributed by atoms with van der Waals surface area (Å²) in [4.78, 5) is 0. The lowest BCUT2D eigenvalue weighted by Gasteiger charge is -2.12. The predicted molar refractivity (Wildman–Crippen MR) is 102 cm³/mol. The largest absolute Gasteiger partial charge is 0.493 e. The van der Waals surface area contributed by atoms with E-state index in [1.807, 2.05) is 19.1 Å². The van der Waals surface area contributed by atoms with Crippen LogP contribution >= 0.6 is 12.2 Å². The Kier molecular flexibility index (Phi) is 6.09. The molecule has 0 saturated carbocycles. The van der Waals surface area contributed by atoms with Crippen LogP contribution in [0.2, 0.25) is 0 Å². The van der Waals surface area contributed by atoms with Gasteiger partial charge in [0.15, 0.2) is 5.11 Å². The number of nitrogens with zero attached hydrogens (tertiary/aromatic N) is 1. The van der Waals surface area contributed by atoms with E-state index in [0.717, 1.165) is 42.9 Å². The molecule has 0 aliphatic carbocycles. The lowest BCUT2D eigenvalue weighted by Crippen LogP contribution is -2.37. The van der Waals surface area contributed by atoms with E-state index in [1.54, 1.807) is 6.21 Å². The first-order valence-electron chi connectivity index (χ1n) is 8.80. The zero-order valence-corrected chi connectivity index (χ0v) is 15.5. The van der Waals surface area contributed by atoms with Crippen LogP contribution in [-0.2, 0) is 11.2 Å². The summed E-state index contributed by atoms with van der Waals surface area (Å²) in [5, 5.41) is 7.83. The molecule has 7 heteroatoms. The van der Waals surface area contributed by atoms with Crippen molar-refractivity contribution in [2.45, 2.75) is 45.3 Å². The molecular formula is C18H25N3O3S. The SMILES string of the molecule is CCOc1cc2c(cc1/C=N\NC(=S)NC[C@@H]1CCCO1)O[C@@H](C)C2. The van der Waals surface area contributed by atoms with E-state index >= 15 is 0 Å². The number of hydrogen-bond acceptors (Lipinski definition) is 5. The molecule has 1 fully saturated rings. The predicted octanol–water partition coefficient (Wildman–Crippen LogP) is 2.39. The fourth-order valence-corrected chi connectivity index (χ4v) is 3.18. The third kappa shape index (κ3) is 4.83. The summed E-state index contributed by atoms with van der Waals surface area (Å²) in [6.45, 7) is 6.17. The first-order chi connectivity index (χ1) is 12.2. The van der Waals surface area contributed by atoms with Crippen LogP contribution in [0, 0.1) is 0 Å². The molecule has 2 N–H and O–H groups in total. The molecule has 0 radical (unpaired) electrons. The van der Waals surface area contributed by atoms with Gasteiger partial charge in [-0.1, -0.05) is 0 Å². The average molecular weight is 363 g/mol. The smallest absolute Gasteiger partial charge is 0.187 e. The number of benzene rings is 1. The zero-order chi connectivity index (χ0) is 17.6. The van der Waals surface area contributed by atoms with Crippen molar-refractivity contribution in [3.05, 3.63) is 23.3 Å². The first-order valence-corrected chi connectivity index (χ1v) is 9.21. The molecule has 25 heavy (non-hydrogen) atoms. The highest BCUT2D eigenvalue weighted by atomic mass is 32.1. The lowest BCUT2D eigenvalue weighted by atomic mass is 10.1. The Hall–Kier alpha value is -1.86. The van der Waals surface area contributed by atoms with Gasteiger partial charge in [0.05, 0.1) is 18.9 Å². The molecule has 2 aliphatic rings. The van der Waals surface area contributed by atoms with Crippen LogP contribution in [0.4, 0.5) is 0 Å². The summed E-state index contributed by atoms with van der Waals surface area (Å²) in [6, 6.07) is 4.01. The Morgan fingerprint density at radius 2 is 2.36 bits per heavy atom. The van der Waals surface area contributed by atoms with Gasteiger partial charge >= 0.3 is 0 Å². The molecule has 1 aromatic carbocycles. The van der Waals surface area contributed by atoms with Crippen LogP contribution in [0.25, 0.3) is 0 Å². The van der Waals surface area contributed by atoms with Crippen LogP contribution in [-0.4, -0.2) is 43.3 Å². The number of nitrogens with one attached hydrogen (secondary N) is 2. The summed E-state index contributed by atoms with van der Waals surface area (Å²) in [7, 11) is 0. The maximum absolute atomic E-state index is 5.81. The summed E-state index contributed by atoms with van der Waals surface area (Å²) in [5.41, 5.74) is 4.88. The zero-order valence-electron chi connectivity index (χ0n) is 14.7. The minimum absolute atomic E-state index is 0.198. The van der Waals surface area contributed by atoms with Crippen molar-refractivity contribution in [1.29, 1.82) is 0 Å². The monoisotopic (exact) mass is 363 g/mol. The lowest BCUT2D eigenvalue weighted by molar-refractivity contribution is 0.114. The third-order valence-electron chi connectivity index (χ3n) is 4.21. The Labute approximate surface area is 153 Å². The van der Waals surface area contributed by atoms with Crippen molar-refractivity contribution in [2.24, 2.45) is 5.10 Å². The molecule has 6 nitrogen and oxygen atoms in total. The fourth-order valence-electron chi connectivity index (χ4n) is 3.05. The quantitative estimate of drug-likeness (QED) is 0.460. The van der Waals surface area contributed by atoms with Crippen LogP contribution in [0.15, 0.2) is 17.2 Å². The molecule has 0 aromatic heterocycles. The molecule has 0 bridgehead atoms. The highest BCUT2D eigenvalue weighted by molar-refractivity contribution is 7.80. The Balaban J connectivity index is 1.58. The number of rotatable bonds is 6. The second-order valence-electron chi connectivity index (χ2n) is 6.28. The number of hydrogen-bond donors (Lipinski definition) is 2. The van der Waals surface area contributed by atoms with Crippen molar-refractivity contribution >= 4 is 23.5 Å². The number of fused-ring (bicyclic) bond motifs is 1. The van der Waals surface area contributed by atoms with Gasteiger partial charge in [-0.25, -0.2) is 0 Å². The van der Waals surface area contributed by atoms with E-state index in [0.29, 0.717) is 18.3 Å². The normalized spacial score (nSPS) is 21.8. The van der Waals surface area contributed by atoms with Crippen LogP contribution in [0.3, 0.4) is 0 Å². The summed E-state index contributed by atoms with van der Waals surface area (Å²) >= 11 is 5.24. The van der Waals surface area contributed by atoms with E-state index in [4.69, 9.17) is 26.4 Å². The third-order valence-corrected chi connectivity index (χ3v) is 4.45. The summed E-state index contributed by atoms with van der Waals surface area (Å²) in [6.07, 6.45) is 5.24. The van der Waals surface area contributed by atoms with Gasteiger partial charge in [0.25, 0.3) is 0 Å². The van der Waals surface area contributed by atoms with E-state index in [9.17, 15) is 0 Å². The van der Waals surface area contributed by atoms with Crippen LogP contribution in [0.1, 0.15) is 37.8 Å². The van der Waals surface area contributed by atoms with E-state index in [2.05, 4.69) is 22.8 Å². The Morgan fingerprint density at radius 3 is 3.12 bits per heavy atom. The molecule has 136 valence electrons. The van der Waals surface area contributed by atoms with Gasteiger partial charge in [0.2, 0.25) is 0 Å². The molecule has 3 rings (SSSR count). The molecule has 2 atom stereocenters. The fraction of sp³-hybridized carbons (Fsp3) is 0.556. The number of hydrazone groups is 1. The highest BCUT2D eigenvalue weighted by Crippen LogP contribution is 2.34. The van der Waals surface area contributed by atoms with E-state index < -0.39 is 0 Å². The average Bonchev–Trinajstić information content (AvgIpc) is 3.21. The van der Waals surface area contributed by atoms with Gasteiger partial charge in [-0.3, -0.25) is 5.43 Å². The first kappa shape index (κ1) is 17.9. The molecular weight excluding hydrogens is 338 g/mol. The molecule has 1 aromatic rings. The van der Waals surface area contributed by atoms with Gasteiger partial charge in [-0.2, -0.15) is 5.10 Å². The summed E-state index contributed by atoms with van der Waals surface area (Å²) < 4.78 is 17.1. The van der Waals surface area contributed by atoms with Gasteiger partial charge in [-0.05, 0) is 51.0 Å². The second-order valence-corrected chi connectivity index (χ2v) is 6.69. The van der Waals surface area contributed by atoms with Crippen molar-refractivity contribution in [1.82, 2.24) is 10.7 Å². The Morgan fingerprint density at radius 1 is 1.48 bits per heavy atom. The van der Waals surface area contributed by atoms with Gasteiger partial charge in [0, 0.05) is 30.7 Å². The van der Waals surface area contributed by atoms with Crippen molar-refractivity contribution in [2.75, 3.05) is 19.8 Å². The maximum Gasteiger partial charge on any atom is 0.187 e.